The molecule has 2 aromatic rings. The second-order valence-corrected chi connectivity index (χ2v) is 7.57. The second-order valence-electron chi connectivity index (χ2n) is 7.57. The molecule has 0 saturated heterocycles. The summed E-state index contributed by atoms with van der Waals surface area (Å²) in [5.41, 5.74) is 5.41. The van der Waals surface area contributed by atoms with Crippen LogP contribution in [0.25, 0.3) is 5.57 Å². The summed E-state index contributed by atoms with van der Waals surface area (Å²) in [4.78, 5) is 0. The Hall–Kier alpha value is -2.29. The number of pyridine rings is 1. The van der Waals surface area contributed by atoms with E-state index in [4.69, 9.17) is 4.74 Å². The van der Waals surface area contributed by atoms with E-state index < -0.39 is 0 Å². The van der Waals surface area contributed by atoms with Crippen molar-refractivity contribution in [2.45, 2.75) is 39.5 Å². The van der Waals surface area contributed by atoms with Crippen molar-refractivity contribution in [3.8, 4) is 5.75 Å². The third-order valence-electron chi connectivity index (χ3n) is 4.97. The molecule has 3 heteroatoms. The molecule has 0 N–H and O–H groups in total. The van der Waals surface area contributed by atoms with Crippen molar-refractivity contribution >= 4 is 5.57 Å². The summed E-state index contributed by atoms with van der Waals surface area (Å²) in [5, 5.41) is 12.4. The number of hydrogen-bond donors (Lipinski definition) is 0. The monoisotopic (exact) mass is 321 g/mol. The van der Waals surface area contributed by atoms with Crippen LogP contribution in [-0.2, 0) is 12.8 Å². The van der Waals surface area contributed by atoms with E-state index in [1.54, 1.807) is 12.3 Å². The van der Waals surface area contributed by atoms with Crippen LogP contribution in [0.5, 0.6) is 5.75 Å². The molecule has 2 aliphatic rings. The summed E-state index contributed by atoms with van der Waals surface area (Å²) >= 11 is 0. The average Bonchev–Trinajstić information content (AvgIpc) is 2.70. The lowest BCUT2D eigenvalue weighted by molar-refractivity contribution is -0.607. The van der Waals surface area contributed by atoms with E-state index in [1.807, 2.05) is 12.1 Å². The first-order valence-electron chi connectivity index (χ1n) is 8.74. The van der Waals surface area contributed by atoms with Gasteiger partial charge in [-0.1, -0.05) is 19.9 Å². The van der Waals surface area contributed by atoms with Crippen LogP contribution in [0.4, 0.5) is 0 Å². The number of aryl methyl sites for hydroxylation is 2. The zero-order valence-electron chi connectivity index (χ0n) is 14.3. The predicted molar refractivity (Wildman–Crippen MR) is 94.8 cm³/mol. The normalized spacial score (nSPS) is 18.7. The molecule has 0 spiro atoms. The van der Waals surface area contributed by atoms with Crippen molar-refractivity contribution in [3.05, 3.63) is 70.2 Å². The lowest BCUT2D eigenvalue weighted by atomic mass is 9.85. The average molecular weight is 321 g/mol. The minimum Gasteiger partial charge on any atom is -0.618 e. The molecule has 4 rings (SSSR count). The van der Waals surface area contributed by atoms with Crippen LogP contribution in [0.2, 0.25) is 0 Å². The molecule has 3 nitrogen and oxygen atoms in total. The summed E-state index contributed by atoms with van der Waals surface area (Å²) in [6.45, 7) is 4.92. The highest BCUT2D eigenvalue weighted by atomic mass is 16.5. The fourth-order valence-electron chi connectivity index (χ4n) is 3.72. The standard InChI is InChI=1S/C21H23NO2/c1-21(2)13-18(19-9-5-6-10-22(19)23)17-11-15-7-3-4-8-16(15)12-20(17)24-14-21/h5-6,9-13H,3-4,7-8,14H2,1-2H3. The summed E-state index contributed by atoms with van der Waals surface area (Å²) in [5.74, 6) is 0.913. The largest absolute Gasteiger partial charge is 0.618 e. The fraction of sp³-hybridized carbons (Fsp3) is 0.381. The molecular formula is C21H23NO2. The Bertz CT molecular complexity index is 821. The molecule has 0 radical (unpaired) electrons. The number of aromatic nitrogens is 1. The SMILES string of the molecule is CC1(C)C=C(c2cccc[n+]2[O-])c2cc3c(cc2OC1)CCCC3. The minimum atomic E-state index is -0.127. The molecule has 2 heterocycles. The van der Waals surface area contributed by atoms with Gasteiger partial charge >= 0.3 is 0 Å². The molecule has 24 heavy (non-hydrogen) atoms. The third-order valence-corrected chi connectivity index (χ3v) is 4.97. The first-order valence-corrected chi connectivity index (χ1v) is 8.74. The van der Waals surface area contributed by atoms with Gasteiger partial charge in [0.25, 0.3) is 0 Å². The second kappa shape index (κ2) is 5.66. The van der Waals surface area contributed by atoms with E-state index in [-0.39, 0.29) is 5.41 Å². The molecular weight excluding hydrogens is 298 g/mol. The summed E-state index contributed by atoms with van der Waals surface area (Å²) in [7, 11) is 0. The van der Waals surface area contributed by atoms with Crippen LogP contribution < -0.4 is 9.47 Å². The number of ether oxygens (including phenoxy) is 1. The van der Waals surface area contributed by atoms with Crippen molar-refractivity contribution < 1.29 is 9.47 Å². The van der Waals surface area contributed by atoms with Crippen LogP contribution in [0.1, 0.15) is 49.1 Å². The Morgan fingerprint density at radius 2 is 1.83 bits per heavy atom. The van der Waals surface area contributed by atoms with Crippen molar-refractivity contribution in [1.29, 1.82) is 0 Å². The molecule has 1 aliphatic heterocycles. The zero-order chi connectivity index (χ0) is 16.7. The zero-order valence-corrected chi connectivity index (χ0v) is 14.3. The first-order chi connectivity index (χ1) is 11.5. The van der Waals surface area contributed by atoms with E-state index in [0.29, 0.717) is 12.3 Å². The van der Waals surface area contributed by atoms with Gasteiger partial charge in [0.15, 0.2) is 6.20 Å². The Kier molecular flexibility index (Phi) is 3.60. The van der Waals surface area contributed by atoms with Crippen LogP contribution in [0.15, 0.2) is 42.6 Å². The van der Waals surface area contributed by atoms with E-state index in [9.17, 15) is 5.21 Å². The molecule has 0 bridgehead atoms. The first kappa shape index (κ1) is 15.3. The number of rotatable bonds is 1. The van der Waals surface area contributed by atoms with E-state index >= 15 is 0 Å². The van der Waals surface area contributed by atoms with Gasteiger partial charge in [-0.2, -0.15) is 4.73 Å². The van der Waals surface area contributed by atoms with Crippen molar-refractivity contribution in [3.63, 3.8) is 0 Å². The number of nitrogens with zero attached hydrogens (tertiary/aromatic N) is 1. The molecule has 1 aromatic heterocycles. The Balaban J connectivity index is 1.94. The van der Waals surface area contributed by atoms with Crippen molar-refractivity contribution in [2.75, 3.05) is 6.61 Å². The summed E-state index contributed by atoms with van der Waals surface area (Å²) in [6, 6.07) is 10.0. The fourth-order valence-corrected chi connectivity index (χ4v) is 3.72. The van der Waals surface area contributed by atoms with E-state index in [1.165, 1.54) is 24.0 Å². The van der Waals surface area contributed by atoms with Gasteiger partial charge in [0, 0.05) is 23.1 Å². The molecule has 124 valence electrons. The highest BCUT2D eigenvalue weighted by molar-refractivity contribution is 5.81. The predicted octanol–water partition coefficient (Wildman–Crippen LogP) is 4.05. The topological polar surface area (TPSA) is 36.2 Å². The van der Waals surface area contributed by atoms with Crippen LogP contribution in [0.3, 0.4) is 0 Å². The van der Waals surface area contributed by atoms with E-state index in [2.05, 4.69) is 32.1 Å². The summed E-state index contributed by atoms with van der Waals surface area (Å²) < 4.78 is 7.11. The number of fused-ring (bicyclic) bond motifs is 2. The smallest absolute Gasteiger partial charge is 0.224 e. The van der Waals surface area contributed by atoms with Gasteiger partial charge in [-0.05, 0) is 55.0 Å². The molecule has 0 amide bonds. The molecule has 1 aromatic carbocycles. The third kappa shape index (κ3) is 2.68. The molecule has 0 atom stereocenters. The molecule has 0 saturated carbocycles. The molecule has 0 unspecified atom stereocenters. The highest BCUT2D eigenvalue weighted by Gasteiger charge is 2.29. The maximum atomic E-state index is 12.4. The van der Waals surface area contributed by atoms with Crippen LogP contribution >= 0.6 is 0 Å². The van der Waals surface area contributed by atoms with E-state index in [0.717, 1.165) is 34.5 Å². The van der Waals surface area contributed by atoms with Gasteiger partial charge < -0.3 is 9.94 Å². The Morgan fingerprint density at radius 1 is 1.08 bits per heavy atom. The van der Waals surface area contributed by atoms with Gasteiger partial charge in [0.05, 0.1) is 12.2 Å². The maximum Gasteiger partial charge on any atom is 0.224 e. The van der Waals surface area contributed by atoms with Crippen molar-refractivity contribution in [1.82, 2.24) is 0 Å². The lowest BCUT2D eigenvalue weighted by Crippen LogP contribution is -2.30. The minimum absolute atomic E-state index is 0.127. The Labute approximate surface area is 143 Å². The molecule has 0 fully saturated rings. The summed E-state index contributed by atoms with van der Waals surface area (Å²) in [6.07, 6.45) is 8.49. The highest BCUT2D eigenvalue weighted by Crippen LogP contribution is 2.40. The van der Waals surface area contributed by atoms with Crippen LogP contribution in [-0.4, -0.2) is 6.61 Å². The number of benzene rings is 1. The lowest BCUT2D eigenvalue weighted by Gasteiger charge is -2.20. The van der Waals surface area contributed by atoms with Gasteiger partial charge in [-0.15, -0.1) is 0 Å². The van der Waals surface area contributed by atoms with Gasteiger partial charge in [-0.3, -0.25) is 0 Å². The maximum absolute atomic E-state index is 12.4. The van der Waals surface area contributed by atoms with Crippen LogP contribution in [0, 0.1) is 10.6 Å². The quantitative estimate of drug-likeness (QED) is 0.587. The Morgan fingerprint density at radius 3 is 2.58 bits per heavy atom. The van der Waals surface area contributed by atoms with Gasteiger partial charge in [-0.25, -0.2) is 0 Å². The molecule has 1 aliphatic carbocycles. The van der Waals surface area contributed by atoms with Crippen molar-refractivity contribution in [2.24, 2.45) is 5.41 Å². The van der Waals surface area contributed by atoms with Gasteiger partial charge in [0.1, 0.15) is 5.75 Å². The number of hydrogen-bond acceptors (Lipinski definition) is 2. The van der Waals surface area contributed by atoms with Gasteiger partial charge in [0.2, 0.25) is 5.69 Å².